The Morgan fingerprint density at radius 1 is 1.38 bits per heavy atom. The van der Waals surface area contributed by atoms with Crippen molar-refractivity contribution in [1.29, 1.82) is 0 Å². The lowest BCUT2D eigenvalue weighted by atomic mass is 10.0. The molecule has 0 spiro atoms. The number of rotatable bonds is 8. The Balaban J connectivity index is 1.98. The number of nitrogens with two attached hydrogens (primary N) is 1. The van der Waals surface area contributed by atoms with Gasteiger partial charge in [-0.2, -0.15) is 0 Å². The van der Waals surface area contributed by atoms with Gasteiger partial charge in [0.25, 0.3) is 0 Å². The highest BCUT2D eigenvalue weighted by Gasteiger charge is 2.16. The lowest BCUT2D eigenvalue weighted by Gasteiger charge is -2.20. The maximum absolute atomic E-state index is 12.1. The van der Waals surface area contributed by atoms with Crippen LogP contribution in [-0.2, 0) is 9.59 Å². The minimum atomic E-state index is -1.25. The first-order valence-electron chi connectivity index (χ1n) is 6.83. The monoisotopic (exact) mass is 367 g/mol. The average Bonchev–Trinajstić information content (AvgIpc) is 2.97. The van der Waals surface area contributed by atoms with Crippen molar-refractivity contribution < 1.29 is 19.4 Å². The van der Waals surface area contributed by atoms with E-state index in [0.29, 0.717) is 20.8 Å². The summed E-state index contributed by atoms with van der Waals surface area (Å²) in [5, 5.41) is 21.4. The molecule has 1 amide bonds. The van der Waals surface area contributed by atoms with Gasteiger partial charge in [-0.25, -0.2) is 0 Å². The van der Waals surface area contributed by atoms with E-state index in [4.69, 9.17) is 10.5 Å². The lowest BCUT2D eigenvalue weighted by Crippen LogP contribution is -2.35. The van der Waals surface area contributed by atoms with Crippen LogP contribution in [0.2, 0.25) is 0 Å². The van der Waals surface area contributed by atoms with Gasteiger partial charge in [0, 0.05) is 12.4 Å². The van der Waals surface area contributed by atoms with E-state index in [-0.39, 0.29) is 18.1 Å². The molecular formula is C14H15N4O4S2-. The van der Waals surface area contributed by atoms with Crippen LogP contribution in [0.1, 0.15) is 18.0 Å². The molecule has 1 aromatic carbocycles. The fourth-order valence-electron chi connectivity index (χ4n) is 1.90. The largest absolute Gasteiger partial charge is 0.550 e. The van der Waals surface area contributed by atoms with Crippen molar-refractivity contribution in [3.63, 3.8) is 0 Å². The number of hydrogen-bond donors (Lipinski definition) is 2. The minimum Gasteiger partial charge on any atom is -0.550 e. The van der Waals surface area contributed by atoms with Crippen molar-refractivity contribution >= 4 is 40.1 Å². The number of aromatic nitrogens is 2. The van der Waals surface area contributed by atoms with Crippen LogP contribution in [0, 0.1) is 0 Å². The first kappa shape index (κ1) is 18.0. The van der Waals surface area contributed by atoms with Crippen molar-refractivity contribution in [3.05, 3.63) is 29.8 Å². The van der Waals surface area contributed by atoms with Crippen LogP contribution in [0.25, 0.3) is 0 Å². The Morgan fingerprint density at radius 2 is 2.08 bits per heavy atom. The number of nitrogens with one attached hydrogen (secondary N) is 1. The van der Waals surface area contributed by atoms with Gasteiger partial charge in [-0.15, -0.1) is 10.2 Å². The van der Waals surface area contributed by atoms with E-state index in [2.05, 4.69) is 15.5 Å². The number of ether oxygens (including phenoxy) is 1. The van der Waals surface area contributed by atoms with Crippen LogP contribution < -0.4 is 20.9 Å². The number of carbonyl (C=O) groups is 2. The van der Waals surface area contributed by atoms with Crippen molar-refractivity contribution in [2.75, 3.05) is 18.6 Å². The molecule has 1 aromatic heterocycles. The van der Waals surface area contributed by atoms with E-state index in [1.54, 1.807) is 24.3 Å². The summed E-state index contributed by atoms with van der Waals surface area (Å²) >= 11 is 2.36. The van der Waals surface area contributed by atoms with Gasteiger partial charge in [-0.1, -0.05) is 35.2 Å². The molecule has 1 atom stereocenters. The molecule has 0 saturated heterocycles. The zero-order chi connectivity index (χ0) is 17.5. The second-order valence-electron chi connectivity index (χ2n) is 4.66. The molecule has 0 aliphatic heterocycles. The number of thioether (sulfide) groups is 1. The average molecular weight is 367 g/mol. The number of carboxylic acids is 1. The van der Waals surface area contributed by atoms with Crippen LogP contribution >= 0.6 is 23.1 Å². The molecule has 128 valence electrons. The van der Waals surface area contributed by atoms with E-state index in [1.165, 1.54) is 30.2 Å². The predicted molar refractivity (Wildman–Crippen MR) is 88.5 cm³/mol. The number of aliphatic carboxylic acids is 1. The molecule has 0 bridgehead atoms. The first-order valence-corrected chi connectivity index (χ1v) is 8.63. The smallest absolute Gasteiger partial charge is 0.230 e. The molecule has 0 aliphatic carbocycles. The van der Waals surface area contributed by atoms with Crippen LogP contribution in [0.4, 0.5) is 5.13 Å². The summed E-state index contributed by atoms with van der Waals surface area (Å²) in [6.45, 7) is 0. The van der Waals surface area contributed by atoms with Gasteiger partial charge in [0.15, 0.2) is 4.34 Å². The highest BCUT2D eigenvalue weighted by molar-refractivity contribution is 8.01. The van der Waals surface area contributed by atoms with E-state index in [1.807, 2.05) is 0 Å². The van der Waals surface area contributed by atoms with Crippen molar-refractivity contribution in [3.8, 4) is 5.75 Å². The van der Waals surface area contributed by atoms with Gasteiger partial charge < -0.3 is 25.7 Å². The van der Waals surface area contributed by atoms with E-state index in [9.17, 15) is 14.7 Å². The van der Waals surface area contributed by atoms with Crippen molar-refractivity contribution in [1.82, 2.24) is 15.5 Å². The van der Waals surface area contributed by atoms with E-state index in [0.717, 1.165) is 0 Å². The highest BCUT2D eigenvalue weighted by Crippen LogP contribution is 2.24. The highest BCUT2D eigenvalue weighted by atomic mass is 32.2. The Kier molecular flexibility index (Phi) is 6.38. The van der Waals surface area contributed by atoms with Crippen molar-refractivity contribution in [2.24, 2.45) is 0 Å². The number of hydrogen-bond acceptors (Lipinski definition) is 9. The Hall–Kier alpha value is -2.33. The Labute approximate surface area is 146 Å². The zero-order valence-electron chi connectivity index (χ0n) is 12.7. The molecule has 0 aliphatic rings. The molecule has 3 N–H and O–H groups in total. The SMILES string of the molecule is COc1ccc([C@@H](CC(=O)[O-])NC(=O)CSc2nnc(N)s2)cc1. The number of methoxy groups -OCH3 is 1. The molecule has 0 saturated carbocycles. The van der Waals surface area contributed by atoms with Gasteiger partial charge in [-0.3, -0.25) is 4.79 Å². The number of carboxylic acid groups (broad SMARTS) is 1. The normalized spacial score (nSPS) is 11.7. The fourth-order valence-corrected chi connectivity index (χ4v) is 3.34. The third-order valence-corrected chi connectivity index (χ3v) is 4.86. The molecule has 10 heteroatoms. The summed E-state index contributed by atoms with van der Waals surface area (Å²) in [7, 11) is 1.53. The van der Waals surface area contributed by atoms with E-state index < -0.39 is 12.0 Å². The van der Waals surface area contributed by atoms with Crippen LogP contribution in [0.3, 0.4) is 0 Å². The quantitative estimate of drug-likeness (QED) is 0.634. The number of anilines is 1. The number of carbonyl (C=O) groups excluding carboxylic acids is 2. The molecule has 8 nitrogen and oxygen atoms in total. The summed E-state index contributed by atoms with van der Waals surface area (Å²) in [6, 6.07) is 6.11. The fraction of sp³-hybridized carbons (Fsp3) is 0.286. The van der Waals surface area contributed by atoms with Crippen molar-refractivity contribution in [2.45, 2.75) is 16.8 Å². The summed E-state index contributed by atoms with van der Waals surface area (Å²) in [5.41, 5.74) is 6.12. The topological polar surface area (TPSA) is 130 Å². The maximum Gasteiger partial charge on any atom is 0.230 e. The molecular weight excluding hydrogens is 352 g/mol. The van der Waals surface area contributed by atoms with Gasteiger partial charge in [-0.05, 0) is 17.7 Å². The second-order valence-corrected chi connectivity index (χ2v) is 6.90. The van der Waals surface area contributed by atoms with Gasteiger partial charge in [0.2, 0.25) is 11.0 Å². The Bertz CT molecular complexity index is 705. The number of benzene rings is 1. The molecule has 0 unspecified atom stereocenters. The molecule has 24 heavy (non-hydrogen) atoms. The van der Waals surface area contributed by atoms with Gasteiger partial charge in [0.05, 0.1) is 18.9 Å². The molecule has 0 radical (unpaired) electrons. The maximum atomic E-state index is 12.1. The number of nitrogens with zero attached hydrogens (tertiary/aromatic N) is 2. The predicted octanol–water partition coefficient (Wildman–Crippen LogP) is 0.219. The summed E-state index contributed by atoms with van der Waals surface area (Å²) in [6.07, 6.45) is -0.325. The molecule has 1 heterocycles. The number of nitrogen functional groups attached to an aromatic ring is 1. The van der Waals surface area contributed by atoms with Gasteiger partial charge in [0.1, 0.15) is 5.75 Å². The summed E-state index contributed by atoms with van der Waals surface area (Å²) in [5.74, 6) is -0.855. The summed E-state index contributed by atoms with van der Waals surface area (Å²) in [4.78, 5) is 23.0. The Morgan fingerprint density at radius 3 is 2.62 bits per heavy atom. The minimum absolute atomic E-state index is 0.0777. The van der Waals surface area contributed by atoms with E-state index >= 15 is 0 Å². The van der Waals surface area contributed by atoms with Crippen LogP contribution in [-0.4, -0.2) is 34.9 Å². The lowest BCUT2D eigenvalue weighted by molar-refractivity contribution is -0.306. The molecule has 0 fully saturated rings. The first-order chi connectivity index (χ1) is 11.5. The molecule has 2 rings (SSSR count). The number of amides is 1. The third kappa shape index (κ3) is 5.39. The standard InChI is InChI=1S/C14H16N4O4S2/c1-22-9-4-2-8(3-5-9)10(6-12(20)21)16-11(19)7-23-14-18-17-13(15)24-14/h2-5,10H,6-7H2,1H3,(H2,15,17)(H,16,19)(H,20,21)/p-1/t10-/m1/s1. The zero-order valence-corrected chi connectivity index (χ0v) is 14.4. The van der Waals surface area contributed by atoms with Gasteiger partial charge >= 0.3 is 0 Å². The second kappa shape index (κ2) is 8.50. The third-order valence-electron chi connectivity index (χ3n) is 2.97. The van der Waals surface area contributed by atoms with Crippen LogP contribution in [0.5, 0.6) is 5.75 Å². The molecule has 2 aromatic rings. The summed E-state index contributed by atoms with van der Waals surface area (Å²) < 4.78 is 5.63. The van der Waals surface area contributed by atoms with Crippen LogP contribution in [0.15, 0.2) is 28.6 Å².